The Bertz CT molecular complexity index is 738. The Kier molecular flexibility index (Phi) is 6.95. The van der Waals surface area contributed by atoms with Gasteiger partial charge >= 0.3 is 6.18 Å². The van der Waals surface area contributed by atoms with Gasteiger partial charge in [-0.05, 0) is 31.8 Å². The second-order valence-corrected chi connectivity index (χ2v) is 6.72. The SMILES string of the molecule is CN(C)Cc1ccccc1N1CC[C@@H](Oc2ccc(C(F)(F)F)cn2)C1.Cl. The van der Waals surface area contributed by atoms with Crippen molar-refractivity contribution in [2.24, 2.45) is 0 Å². The van der Waals surface area contributed by atoms with Gasteiger partial charge < -0.3 is 14.5 Å². The first-order valence-corrected chi connectivity index (χ1v) is 8.50. The molecule has 0 N–H and O–H groups in total. The summed E-state index contributed by atoms with van der Waals surface area (Å²) in [7, 11) is 4.06. The monoisotopic (exact) mass is 401 g/mol. The maximum Gasteiger partial charge on any atom is 0.417 e. The van der Waals surface area contributed by atoms with Gasteiger partial charge in [-0.25, -0.2) is 4.98 Å². The zero-order valence-corrected chi connectivity index (χ0v) is 16.1. The van der Waals surface area contributed by atoms with Crippen molar-refractivity contribution >= 4 is 18.1 Å². The molecule has 1 aromatic heterocycles. The summed E-state index contributed by atoms with van der Waals surface area (Å²) in [5, 5.41) is 0. The maximum atomic E-state index is 12.6. The minimum absolute atomic E-state index is 0. The molecule has 1 atom stereocenters. The first-order valence-electron chi connectivity index (χ1n) is 8.50. The van der Waals surface area contributed by atoms with Crippen LogP contribution in [0.5, 0.6) is 5.88 Å². The highest BCUT2D eigenvalue weighted by atomic mass is 35.5. The Hall–Kier alpha value is -1.99. The van der Waals surface area contributed by atoms with Gasteiger partial charge in [0.15, 0.2) is 0 Å². The van der Waals surface area contributed by atoms with Crippen LogP contribution in [0.2, 0.25) is 0 Å². The third-order valence-corrected chi connectivity index (χ3v) is 4.31. The van der Waals surface area contributed by atoms with E-state index < -0.39 is 11.7 Å². The molecule has 0 aliphatic carbocycles. The molecule has 0 amide bonds. The Morgan fingerprint density at radius 3 is 2.56 bits per heavy atom. The first kappa shape index (κ1) is 21.3. The number of anilines is 1. The van der Waals surface area contributed by atoms with E-state index in [0.29, 0.717) is 6.54 Å². The standard InChI is InChI=1S/C19H22F3N3O.ClH/c1-24(2)12-14-5-3-4-6-17(14)25-10-9-16(13-25)26-18-8-7-15(11-23-18)19(20,21)22;/h3-8,11,16H,9-10,12-13H2,1-2H3;1H/t16-;/m1./s1. The molecule has 0 unspecified atom stereocenters. The molecule has 0 spiro atoms. The number of halogens is 4. The molecule has 8 heteroatoms. The quantitative estimate of drug-likeness (QED) is 0.749. The third-order valence-electron chi connectivity index (χ3n) is 4.31. The first-order chi connectivity index (χ1) is 12.3. The molecule has 4 nitrogen and oxygen atoms in total. The molecule has 27 heavy (non-hydrogen) atoms. The normalized spacial score (nSPS) is 17.1. The van der Waals surface area contributed by atoms with Gasteiger partial charge in [0, 0.05) is 37.5 Å². The lowest BCUT2D eigenvalue weighted by Gasteiger charge is -2.23. The predicted molar refractivity (Wildman–Crippen MR) is 102 cm³/mol. The third kappa shape index (κ3) is 5.49. The highest BCUT2D eigenvalue weighted by Gasteiger charge is 2.31. The topological polar surface area (TPSA) is 28.6 Å². The van der Waals surface area contributed by atoms with Crippen LogP contribution in [0.15, 0.2) is 42.6 Å². The van der Waals surface area contributed by atoms with Gasteiger partial charge in [0.25, 0.3) is 0 Å². The summed E-state index contributed by atoms with van der Waals surface area (Å²) in [4.78, 5) is 8.17. The van der Waals surface area contributed by atoms with Gasteiger partial charge in [-0.1, -0.05) is 18.2 Å². The number of alkyl halides is 3. The largest absolute Gasteiger partial charge is 0.472 e. The van der Waals surface area contributed by atoms with E-state index in [2.05, 4.69) is 26.9 Å². The minimum Gasteiger partial charge on any atom is -0.472 e. The number of aromatic nitrogens is 1. The van der Waals surface area contributed by atoms with E-state index in [1.54, 1.807) is 0 Å². The van der Waals surface area contributed by atoms with E-state index >= 15 is 0 Å². The number of pyridine rings is 1. The molecule has 148 valence electrons. The molecule has 0 bridgehead atoms. The summed E-state index contributed by atoms with van der Waals surface area (Å²) >= 11 is 0. The highest BCUT2D eigenvalue weighted by Crippen LogP contribution is 2.30. The van der Waals surface area contributed by atoms with Crippen LogP contribution in [0, 0.1) is 0 Å². The van der Waals surface area contributed by atoms with Gasteiger partial charge in [0.1, 0.15) is 6.10 Å². The summed E-state index contributed by atoms with van der Waals surface area (Å²) < 4.78 is 43.6. The second-order valence-electron chi connectivity index (χ2n) is 6.72. The van der Waals surface area contributed by atoms with E-state index in [1.807, 2.05) is 26.2 Å². The van der Waals surface area contributed by atoms with E-state index in [0.717, 1.165) is 31.8 Å². The van der Waals surface area contributed by atoms with Crippen LogP contribution in [0.25, 0.3) is 0 Å². The van der Waals surface area contributed by atoms with Crippen LogP contribution in [0.4, 0.5) is 18.9 Å². The van der Waals surface area contributed by atoms with Crippen molar-refractivity contribution in [2.45, 2.75) is 25.2 Å². The van der Waals surface area contributed by atoms with Crippen LogP contribution in [-0.4, -0.2) is 43.2 Å². The van der Waals surface area contributed by atoms with Crippen LogP contribution >= 0.6 is 12.4 Å². The number of rotatable bonds is 5. The summed E-state index contributed by atoms with van der Waals surface area (Å²) in [5.74, 6) is 0.228. The van der Waals surface area contributed by atoms with E-state index in [-0.39, 0.29) is 24.4 Å². The average molecular weight is 402 g/mol. The van der Waals surface area contributed by atoms with Crippen molar-refractivity contribution in [3.05, 3.63) is 53.7 Å². The zero-order valence-electron chi connectivity index (χ0n) is 15.2. The highest BCUT2D eigenvalue weighted by molar-refractivity contribution is 5.85. The van der Waals surface area contributed by atoms with Crippen LogP contribution in [0.3, 0.4) is 0 Å². The van der Waals surface area contributed by atoms with Gasteiger partial charge in [0.2, 0.25) is 5.88 Å². The molecule has 0 radical (unpaired) electrons. The molecule has 3 rings (SSSR count). The zero-order chi connectivity index (χ0) is 18.7. The van der Waals surface area contributed by atoms with Crippen molar-refractivity contribution in [3.63, 3.8) is 0 Å². The fourth-order valence-electron chi connectivity index (χ4n) is 3.13. The molecule has 0 saturated carbocycles. The lowest BCUT2D eigenvalue weighted by molar-refractivity contribution is -0.137. The van der Waals surface area contributed by atoms with Crippen molar-refractivity contribution < 1.29 is 17.9 Å². The Morgan fingerprint density at radius 1 is 1.19 bits per heavy atom. The van der Waals surface area contributed by atoms with E-state index in [4.69, 9.17) is 4.74 Å². The summed E-state index contributed by atoms with van der Waals surface area (Å²) in [6, 6.07) is 10.5. The number of benzene rings is 1. The number of ether oxygens (including phenoxy) is 1. The molecule has 2 heterocycles. The van der Waals surface area contributed by atoms with Gasteiger partial charge in [-0.15, -0.1) is 12.4 Å². The van der Waals surface area contributed by atoms with Crippen LogP contribution in [0.1, 0.15) is 17.5 Å². The molecule has 1 fully saturated rings. The van der Waals surface area contributed by atoms with Crippen molar-refractivity contribution in [3.8, 4) is 5.88 Å². The molecule has 1 aliphatic heterocycles. The smallest absolute Gasteiger partial charge is 0.417 e. The fraction of sp³-hybridized carbons (Fsp3) is 0.421. The van der Waals surface area contributed by atoms with Crippen molar-refractivity contribution in [1.82, 2.24) is 9.88 Å². The maximum absolute atomic E-state index is 12.6. The van der Waals surface area contributed by atoms with Crippen LogP contribution < -0.4 is 9.64 Å². The molecule has 1 aromatic carbocycles. The average Bonchev–Trinajstić information content (AvgIpc) is 3.03. The summed E-state index contributed by atoms with van der Waals surface area (Å²) in [5.41, 5.74) is 1.65. The second kappa shape index (κ2) is 8.80. The van der Waals surface area contributed by atoms with E-state index in [1.165, 1.54) is 17.3 Å². The Morgan fingerprint density at radius 2 is 1.93 bits per heavy atom. The Labute approximate surface area is 163 Å². The molecule has 2 aromatic rings. The van der Waals surface area contributed by atoms with Gasteiger partial charge in [-0.2, -0.15) is 13.2 Å². The lowest BCUT2D eigenvalue weighted by Crippen LogP contribution is -2.26. The minimum atomic E-state index is -4.38. The summed E-state index contributed by atoms with van der Waals surface area (Å²) in [6.07, 6.45) is -2.86. The van der Waals surface area contributed by atoms with Crippen molar-refractivity contribution in [1.29, 1.82) is 0 Å². The van der Waals surface area contributed by atoms with Crippen LogP contribution in [-0.2, 0) is 12.7 Å². The molecular formula is C19H23ClF3N3O. The molecular weight excluding hydrogens is 379 g/mol. The van der Waals surface area contributed by atoms with Gasteiger partial charge in [0.05, 0.1) is 12.1 Å². The molecule has 1 aliphatic rings. The fourth-order valence-corrected chi connectivity index (χ4v) is 3.13. The summed E-state index contributed by atoms with van der Waals surface area (Å²) in [6.45, 7) is 2.38. The number of nitrogens with zero attached hydrogens (tertiary/aromatic N) is 3. The predicted octanol–water partition coefficient (Wildman–Crippen LogP) is 4.24. The Balaban J connectivity index is 0.00000261. The van der Waals surface area contributed by atoms with Gasteiger partial charge in [-0.3, -0.25) is 0 Å². The molecule has 1 saturated heterocycles. The van der Waals surface area contributed by atoms with E-state index in [9.17, 15) is 13.2 Å². The number of para-hydroxylation sites is 1. The lowest BCUT2D eigenvalue weighted by atomic mass is 10.1. The number of hydrogen-bond donors (Lipinski definition) is 0. The van der Waals surface area contributed by atoms with Crippen molar-refractivity contribution in [2.75, 3.05) is 32.1 Å². The number of hydrogen-bond acceptors (Lipinski definition) is 4.